The highest BCUT2D eigenvalue weighted by atomic mass is 15.3. The number of hydrogen-bond acceptors (Lipinski definition) is 3. The summed E-state index contributed by atoms with van der Waals surface area (Å²) in [6, 6.07) is 0. The molecule has 2 aliphatic rings. The third-order valence-corrected chi connectivity index (χ3v) is 4.65. The van der Waals surface area contributed by atoms with Gasteiger partial charge in [-0.1, -0.05) is 12.8 Å². The molecule has 3 rings (SSSR count). The summed E-state index contributed by atoms with van der Waals surface area (Å²) in [4.78, 5) is 2.63. The van der Waals surface area contributed by atoms with Crippen molar-refractivity contribution in [2.45, 2.75) is 57.7 Å². The number of hydrogen-bond donors (Lipinski definition) is 1. The number of aryl methyl sites for hydroxylation is 1. The molecule has 1 aromatic rings. The highest BCUT2D eigenvalue weighted by molar-refractivity contribution is 5.05. The SMILES string of the molecule is CCn1cc(CN2CCCNC3(CCCC3)C2)cn1. The molecule has 2 heterocycles. The lowest BCUT2D eigenvalue weighted by Crippen LogP contribution is -2.49. The molecule has 4 heteroatoms. The van der Waals surface area contributed by atoms with Crippen molar-refractivity contribution in [1.29, 1.82) is 0 Å². The molecule has 0 bridgehead atoms. The first-order chi connectivity index (χ1) is 9.30. The maximum absolute atomic E-state index is 4.39. The van der Waals surface area contributed by atoms with Gasteiger partial charge in [-0.05, 0) is 39.3 Å². The minimum absolute atomic E-state index is 0.414. The standard InChI is InChI=1S/C15H26N4/c1-2-19-12-14(10-17-19)11-18-9-5-8-16-15(13-18)6-3-4-7-15/h10,12,16H,2-9,11,13H2,1H3. The predicted octanol–water partition coefficient (Wildman–Crippen LogP) is 2.01. The van der Waals surface area contributed by atoms with E-state index in [4.69, 9.17) is 0 Å². The quantitative estimate of drug-likeness (QED) is 0.904. The van der Waals surface area contributed by atoms with Crippen molar-refractivity contribution in [2.75, 3.05) is 19.6 Å². The average molecular weight is 262 g/mol. The van der Waals surface area contributed by atoms with E-state index in [1.165, 1.54) is 57.3 Å². The monoisotopic (exact) mass is 262 g/mol. The van der Waals surface area contributed by atoms with E-state index in [1.54, 1.807) is 0 Å². The van der Waals surface area contributed by atoms with Gasteiger partial charge >= 0.3 is 0 Å². The molecule has 106 valence electrons. The maximum atomic E-state index is 4.39. The van der Waals surface area contributed by atoms with E-state index in [1.807, 2.05) is 10.9 Å². The van der Waals surface area contributed by atoms with Crippen molar-refractivity contribution in [2.24, 2.45) is 0 Å². The summed E-state index contributed by atoms with van der Waals surface area (Å²) < 4.78 is 2.02. The molecule has 1 aromatic heterocycles. The number of rotatable bonds is 3. The van der Waals surface area contributed by atoms with Gasteiger partial charge in [0.25, 0.3) is 0 Å². The Hall–Kier alpha value is -0.870. The summed E-state index contributed by atoms with van der Waals surface area (Å²) in [5.74, 6) is 0. The van der Waals surface area contributed by atoms with Crippen molar-refractivity contribution in [3.8, 4) is 0 Å². The van der Waals surface area contributed by atoms with E-state index in [-0.39, 0.29) is 0 Å². The fourth-order valence-electron chi connectivity index (χ4n) is 3.66. The van der Waals surface area contributed by atoms with Gasteiger partial charge in [0.2, 0.25) is 0 Å². The first kappa shape index (κ1) is 13.1. The summed E-state index contributed by atoms with van der Waals surface area (Å²) in [5, 5.41) is 8.21. The second-order valence-corrected chi connectivity index (χ2v) is 6.18. The zero-order chi connectivity index (χ0) is 13.1. The molecule has 0 atom stereocenters. The van der Waals surface area contributed by atoms with Crippen LogP contribution in [0, 0.1) is 0 Å². The fraction of sp³-hybridized carbons (Fsp3) is 0.800. The predicted molar refractivity (Wildman–Crippen MR) is 77.0 cm³/mol. The summed E-state index contributed by atoms with van der Waals surface area (Å²) in [7, 11) is 0. The van der Waals surface area contributed by atoms with Crippen LogP contribution in [0.5, 0.6) is 0 Å². The van der Waals surface area contributed by atoms with Crippen molar-refractivity contribution in [3.63, 3.8) is 0 Å². The van der Waals surface area contributed by atoms with Crippen LogP contribution in [0.4, 0.5) is 0 Å². The van der Waals surface area contributed by atoms with Gasteiger partial charge in [0.15, 0.2) is 0 Å². The zero-order valence-electron chi connectivity index (χ0n) is 12.1. The van der Waals surface area contributed by atoms with Crippen LogP contribution in [0.3, 0.4) is 0 Å². The van der Waals surface area contributed by atoms with Crippen molar-refractivity contribution in [3.05, 3.63) is 18.0 Å². The van der Waals surface area contributed by atoms with Crippen LogP contribution < -0.4 is 5.32 Å². The Kier molecular flexibility index (Phi) is 3.89. The van der Waals surface area contributed by atoms with Crippen molar-refractivity contribution in [1.82, 2.24) is 20.0 Å². The Balaban J connectivity index is 1.65. The fourth-order valence-corrected chi connectivity index (χ4v) is 3.66. The van der Waals surface area contributed by atoms with Gasteiger partial charge in [0.1, 0.15) is 0 Å². The van der Waals surface area contributed by atoms with Gasteiger partial charge in [0.05, 0.1) is 6.20 Å². The van der Waals surface area contributed by atoms with Crippen LogP contribution in [0.1, 0.15) is 44.6 Å². The Morgan fingerprint density at radius 3 is 2.89 bits per heavy atom. The van der Waals surface area contributed by atoms with Gasteiger partial charge in [-0.3, -0.25) is 9.58 Å². The molecule has 1 saturated carbocycles. The summed E-state index contributed by atoms with van der Waals surface area (Å²) >= 11 is 0. The van der Waals surface area contributed by atoms with Crippen molar-refractivity contribution >= 4 is 0 Å². The molecule has 4 nitrogen and oxygen atoms in total. The van der Waals surface area contributed by atoms with E-state index in [2.05, 4.69) is 28.4 Å². The van der Waals surface area contributed by atoms with Crippen LogP contribution in [0.25, 0.3) is 0 Å². The number of aromatic nitrogens is 2. The van der Waals surface area contributed by atoms with E-state index >= 15 is 0 Å². The minimum Gasteiger partial charge on any atom is -0.310 e. The van der Waals surface area contributed by atoms with Crippen LogP contribution in [0.2, 0.25) is 0 Å². The normalized spacial score (nSPS) is 23.8. The minimum atomic E-state index is 0.414. The van der Waals surface area contributed by atoms with Gasteiger partial charge in [-0.2, -0.15) is 5.10 Å². The molecular formula is C15H26N4. The third-order valence-electron chi connectivity index (χ3n) is 4.65. The van der Waals surface area contributed by atoms with E-state index in [0.717, 1.165) is 13.1 Å². The number of nitrogens with one attached hydrogen (secondary N) is 1. The summed E-state index contributed by atoms with van der Waals surface area (Å²) in [6.07, 6.45) is 11.0. The lowest BCUT2D eigenvalue weighted by atomic mass is 9.97. The maximum Gasteiger partial charge on any atom is 0.0534 e. The molecular weight excluding hydrogens is 236 g/mol. The molecule has 0 unspecified atom stereocenters. The van der Waals surface area contributed by atoms with Gasteiger partial charge in [-0.15, -0.1) is 0 Å². The molecule has 0 amide bonds. The molecule has 1 N–H and O–H groups in total. The van der Waals surface area contributed by atoms with Gasteiger partial charge < -0.3 is 5.32 Å². The van der Waals surface area contributed by atoms with Gasteiger partial charge in [-0.25, -0.2) is 0 Å². The molecule has 0 aromatic carbocycles. The first-order valence-corrected chi connectivity index (χ1v) is 7.78. The molecule has 1 aliphatic carbocycles. The Labute approximate surface area is 116 Å². The third kappa shape index (κ3) is 3.00. The molecule has 1 spiro atoms. The molecule has 1 aliphatic heterocycles. The molecule has 19 heavy (non-hydrogen) atoms. The van der Waals surface area contributed by atoms with Crippen molar-refractivity contribution < 1.29 is 0 Å². The van der Waals surface area contributed by atoms with Crippen LogP contribution in [-0.4, -0.2) is 39.9 Å². The smallest absolute Gasteiger partial charge is 0.0534 e. The molecule has 0 radical (unpaired) electrons. The summed E-state index contributed by atoms with van der Waals surface area (Å²) in [6.45, 7) is 7.77. The second kappa shape index (κ2) is 5.63. The largest absolute Gasteiger partial charge is 0.310 e. The van der Waals surface area contributed by atoms with Gasteiger partial charge in [0, 0.05) is 36.9 Å². The molecule has 1 saturated heterocycles. The number of nitrogens with zero attached hydrogens (tertiary/aromatic N) is 3. The topological polar surface area (TPSA) is 33.1 Å². The average Bonchev–Trinajstić information content (AvgIpc) is 2.99. The van der Waals surface area contributed by atoms with E-state index in [0.29, 0.717) is 5.54 Å². The molecule has 2 fully saturated rings. The summed E-state index contributed by atoms with van der Waals surface area (Å²) in [5.41, 5.74) is 1.77. The highest BCUT2D eigenvalue weighted by Gasteiger charge is 2.36. The van der Waals surface area contributed by atoms with Crippen LogP contribution in [-0.2, 0) is 13.1 Å². The van der Waals surface area contributed by atoms with E-state index < -0.39 is 0 Å². The lowest BCUT2D eigenvalue weighted by molar-refractivity contribution is 0.203. The van der Waals surface area contributed by atoms with E-state index in [9.17, 15) is 0 Å². The first-order valence-electron chi connectivity index (χ1n) is 7.78. The van der Waals surface area contributed by atoms with Crippen LogP contribution >= 0.6 is 0 Å². The second-order valence-electron chi connectivity index (χ2n) is 6.18. The lowest BCUT2D eigenvalue weighted by Gasteiger charge is -2.33. The zero-order valence-corrected chi connectivity index (χ0v) is 12.1. The van der Waals surface area contributed by atoms with Crippen LogP contribution in [0.15, 0.2) is 12.4 Å². The highest BCUT2D eigenvalue weighted by Crippen LogP contribution is 2.32. The Morgan fingerprint density at radius 1 is 1.32 bits per heavy atom. The Bertz CT molecular complexity index is 406. The Morgan fingerprint density at radius 2 is 2.16 bits per heavy atom.